The van der Waals surface area contributed by atoms with Gasteiger partial charge in [-0.05, 0) is 7.05 Å². The molecule has 0 atom stereocenters. The van der Waals surface area contributed by atoms with Crippen molar-refractivity contribution in [3.63, 3.8) is 0 Å². The molecule has 0 unspecified atom stereocenters. The summed E-state index contributed by atoms with van der Waals surface area (Å²) in [5, 5.41) is 6.87. The second-order valence-electron chi connectivity index (χ2n) is 3.30. The fourth-order valence-electron chi connectivity index (χ4n) is 1.20. The first-order valence-electron chi connectivity index (χ1n) is 4.49. The van der Waals surface area contributed by atoms with Crippen LogP contribution in [0.3, 0.4) is 0 Å². The summed E-state index contributed by atoms with van der Waals surface area (Å²) >= 11 is 0. The molecular formula is C9H16N4O. The van der Waals surface area contributed by atoms with Crippen LogP contribution in [0.15, 0.2) is 12.4 Å². The van der Waals surface area contributed by atoms with Crippen molar-refractivity contribution in [3.8, 4) is 0 Å². The lowest BCUT2D eigenvalue weighted by Gasteiger charge is -2.15. The maximum absolute atomic E-state index is 11.4. The number of likely N-dealkylation sites (N-methyl/N-ethyl adjacent to an activating group) is 2. The highest BCUT2D eigenvalue weighted by atomic mass is 16.2. The number of rotatable bonds is 4. The molecule has 1 aromatic rings. The zero-order valence-corrected chi connectivity index (χ0v) is 8.82. The number of hydrogen-bond donors (Lipinski definition) is 1. The van der Waals surface area contributed by atoms with E-state index in [1.165, 1.54) is 0 Å². The van der Waals surface area contributed by atoms with Crippen LogP contribution in [0.25, 0.3) is 0 Å². The second-order valence-corrected chi connectivity index (χ2v) is 3.30. The van der Waals surface area contributed by atoms with Gasteiger partial charge in [0.05, 0.1) is 12.7 Å². The van der Waals surface area contributed by atoms with E-state index >= 15 is 0 Å². The maximum Gasteiger partial charge on any atom is 0.236 e. The SMILES string of the molecule is CNCC(=O)N(C)Cc1cnn(C)c1. The topological polar surface area (TPSA) is 50.2 Å². The van der Waals surface area contributed by atoms with Gasteiger partial charge in [0.1, 0.15) is 0 Å². The minimum absolute atomic E-state index is 0.0800. The van der Waals surface area contributed by atoms with E-state index in [4.69, 9.17) is 0 Å². The summed E-state index contributed by atoms with van der Waals surface area (Å²) in [6, 6.07) is 0. The molecule has 1 heterocycles. The average Bonchev–Trinajstić information content (AvgIpc) is 2.51. The molecule has 1 rings (SSSR count). The second kappa shape index (κ2) is 4.76. The third-order valence-corrected chi connectivity index (χ3v) is 1.93. The zero-order valence-electron chi connectivity index (χ0n) is 8.82. The Morgan fingerprint density at radius 1 is 1.71 bits per heavy atom. The van der Waals surface area contributed by atoms with Crippen LogP contribution in [0.2, 0.25) is 0 Å². The molecular weight excluding hydrogens is 180 g/mol. The first-order valence-corrected chi connectivity index (χ1v) is 4.49. The summed E-state index contributed by atoms with van der Waals surface area (Å²) in [5.41, 5.74) is 1.04. The fraction of sp³-hybridized carbons (Fsp3) is 0.556. The molecule has 78 valence electrons. The molecule has 0 saturated carbocycles. The van der Waals surface area contributed by atoms with Crippen LogP contribution in [0, 0.1) is 0 Å². The number of carbonyl (C=O) groups excluding carboxylic acids is 1. The Balaban J connectivity index is 2.48. The number of aromatic nitrogens is 2. The fourth-order valence-corrected chi connectivity index (χ4v) is 1.20. The van der Waals surface area contributed by atoms with Gasteiger partial charge in [0, 0.05) is 32.4 Å². The number of carbonyl (C=O) groups is 1. The van der Waals surface area contributed by atoms with Gasteiger partial charge in [0.15, 0.2) is 0 Å². The largest absolute Gasteiger partial charge is 0.340 e. The highest BCUT2D eigenvalue weighted by Crippen LogP contribution is 2.00. The molecule has 0 bridgehead atoms. The molecule has 14 heavy (non-hydrogen) atoms. The van der Waals surface area contributed by atoms with E-state index in [1.807, 2.05) is 13.2 Å². The first kappa shape index (κ1) is 10.7. The molecule has 0 spiro atoms. The molecule has 0 saturated heterocycles. The van der Waals surface area contributed by atoms with Gasteiger partial charge in [0.2, 0.25) is 5.91 Å². The van der Waals surface area contributed by atoms with E-state index in [1.54, 1.807) is 29.9 Å². The summed E-state index contributed by atoms with van der Waals surface area (Å²) in [4.78, 5) is 13.1. The smallest absolute Gasteiger partial charge is 0.236 e. The quantitative estimate of drug-likeness (QED) is 0.712. The molecule has 1 aromatic heterocycles. The van der Waals surface area contributed by atoms with Crippen LogP contribution in [0.4, 0.5) is 0 Å². The van der Waals surface area contributed by atoms with Gasteiger partial charge in [-0.2, -0.15) is 5.10 Å². The molecule has 0 aliphatic rings. The van der Waals surface area contributed by atoms with Crippen molar-refractivity contribution in [2.75, 3.05) is 20.6 Å². The average molecular weight is 196 g/mol. The summed E-state index contributed by atoms with van der Waals surface area (Å²) in [5.74, 6) is 0.0800. The normalized spacial score (nSPS) is 10.2. The highest BCUT2D eigenvalue weighted by Gasteiger charge is 2.08. The Bertz CT molecular complexity index is 308. The maximum atomic E-state index is 11.4. The van der Waals surface area contributed by atoms with E-state index in [9.17, 15) is 4.79 Å². The van der Waals surface area contributed by atoms with Crippen molar-refractivity contribution in [1.82, 2.24) is 20.0 Å². The molecule has 5 heteroatoms. The van der Waals surface area contributed by atoms with Gasteiger partial charge < -0.3 is 10.2 Å². The lowest BCUT2D eigenvalue weighted by molar-refractivity contribution is -0.129. The Labute approximate surface area is 83.7 Å². The molecule has 0 fully saturated rings. The lowest BCUT2D eigenvalue weighted by atomic mass is 10.3. The van der Waals surface area contributed by atoms with E-state index in [0.717, 1.165) is 5.56 Å². The molecule has 1 N–H and O–H groups in total. The van der Waals surface area contributed by atoms with Crippen molar-refractivity contribution >= 4 is 5.91 Å². The molecule has 5 nitrogen and oxygen atoms in total. The predicted octanol–water partition coefficient (Wildman–Crippen LogP) is -0.402. The van der Waals surface area contributed by atoms with Gasteiger partial charge in [-0.25, -0.2) is 0 Å². The third-order valence-electron chi connectivity index (χ3n) is 1.93. The van der Waals surface area contributed by atoms with Gasteiger partial charge in [-0.15, -0.1) is 0 Å². The zero-order chi connectivity index (χ0) is 10.6. The van der Waals surface area contributed by atoms with E-state index in [2.05, 4.69) is 10.4 Å². The van der Waals surface area contributed by atoms with Crippen LogP contribution < -0.4 is 5.32 Å². The minimum atomic E-state index is 0.0800. The minimum Gasteiger partial charge on any atom is -0.340 e. The van der Waals surface area contributed by atoms with Crippen molar-refractivity contribution in [1.29, 1.82) is 0 Å². The molecule has 0 aromatic carbocycles. The Hall–Kier alpha value is -1.36. The summed E-state index contributed by atoms with van der Waals surface area (Å²) in [7, 11) is 5.40. The Morgan fingerprint density at radius 3 is 2.93 bits per heavy atom. The van der Waals surface area contributed by atoms with Crippen LogP contribution in [-0.2, 0) is 18.4 Å². The number of nitrogens with zero attached hydrogens (tertiary/aromatic N) is 3. The standard InChI is InChI=1S/C9H16N4O/c1-10-5-9(14)12(2)6-8-4-11-13(3)7-8/h4,7,10H,5-6H2,1-3H3. The van der Waals surface area contributed by atoms with E-state index in [0.29, 0.717) is 13.1 Å². The monoisotopic (exact) mass is 196 g/mol. The van der Waals surface area contributed by atoms with Crippen LogP contribution in [0.5, 0.6) is 0 Å². The van der Waals surface area contributed by atoms with E-state index < -0.39 is 0 Å². The number of hydrogen-bond acceptors (Lipinski definition) is 3. The van der Waals surface area contributed by atoms with Gasteiger partial charge in [0.25, 0.3) is 0 Å². The molecule has 0 aliphatic carbocycles. The first-order chi connectivity index (χ1) is 6.63. The predicted molar refractivity (Wildman–Crippen MR) is 53.6 cm³/mol. The third kappa shape index (κ3) is 2.85. The van der Waals surface area contributed by atoms with Gasteiger partial charge >= 0.3 is 0 Å². The Kier molecular flexibility index (Phi) is 3.64. The van der Waals surface area contributed by atoms with Crippen LogP contribution >= 0.6 is 0 Å². The molecule has 0 aliphatic heterocycles. The van der Waals surface area contributed by atoms with Gasteiger partial charge in [-0.3, -0.25) is 9.48 Å². The van der Waals surface area contributed by atoms with Crippen LogP contribution in [0.1, 0.15) is 5.56 Å². The van der Waals surface area contributed by atoms with Crippen molar-refractivity contribution in [3.05, 3.63) is 18.0 Å². The van der Waals surface area contributed by atoms with Crippen molar-refractivity contribution in [2.45, 2.75) is 6.54 Å². The molecule has 1 amide bonds. The Morgan fingerprint density at radius 2 is 2.43 bits per heavy atom. The van der Waals surface area contributed by atoms with E-state index in [-0.39, 0.29) is 5.91 Å². The summed E-state index contributed by atoms with van der Waals surface area (Å²) < 4.78 is 1.73. The number of amides is 1. The van der Waals surface area contributed by atoms with Crippen molar-refractivity contribution < 1.29 is 4.79 Å². The van der Waals surface area contributed by atoms with Gasteiger partial charge in [-0.1, -0.05) is 0 Å². The number of nitrogens with one attached hydrogen (secondary N) is 1. The lowest BCUT2D eigenvalue weighted by Crippen LogP contribution is -2.33. The summed E-state index contributed by atoms with van der Waals surface area (Å²) in [6.07, 6.45) is 3.67. The van der Waals surface area contributed by atoms with Crippen LogP contribution in [-0.4, -0.2) is 41.2 Å². The molecule has 0 radical (unpaired) electrons. The highest BCUT2D eigenvalue weighted by molar-refractivity contribution is 5.77. The summed E-state index contributed by atoms with van der Waals surface area (Å²) in [6.45, 7) is 0.977. The van der Waals surface area contributed by atoms with Crippen molar-refractivity contribution in [2.24, 2.45) is 7.05 Å². The number of aryl methyl sites for hydroxylation is 1.